The predicted molar refractivity (Wildman–Crippen MR) is 316 cm³/mol. The topological polar surface area (TPSA) is 83.7 Å². The summed E-state index contributed by atoms with van der Waals surface area (Å²) in [5.74, 6) is 0. The Morgan fingerprint density at radius 2 is 0.697 bits per heavy atom. The highest BCUT2D eigenvalue weighted by molar-refractivity contribution is 7.27. The number of benzene rings is 11. The van der Waals surface area contributed by atoms with Crippen LogP contribution in [0.2, 0.25) is 0 Å². The molecule has 0 saturated carbocycles. The third kappa shape index (κ3) is 5.35. The first kappa shape index (κ1) is 41.5. The van der Waals surface area contributed by atoms with Crippen LogP contribution in [0, 0.1) is 22.7 Å². The van der Waals surface area contributed by atoms with E-state index in [1.807, 2.05) is 36.4 Å². The lowest BCUT2D eigenvalue weighted by Gasteiger charge is -2.26. The molecule has 0 atom stereocenters. The molecule has 17 rings (SSSR count). The summed E-state index contributed by atoms with van der Waals surface area (Å²) in [5.41, 5.74) is 11.2. The van der Waals surface area contributed by atoms with Crippen LogP contribution >= 0.6 is 22.7 Å². The second-order valence-electron chi connectivity index (χ2n) is 19.6. The highest BCUT2D eigenvalue weighted by Crippen LogP contribution is 2.54. The number of hydrogen-bond acceptors (Lipinski definition) is 6. The zero-order chi connectivity index (χ0) is 49.9. The van der Waals surface area contributed by atoms with E-state index in [0.29, 0.717) is 33.4 Å². The number of fused-ring (bicyclic) bond motifs is 20. The maximum atomic E-state index is 12.2. The van der Waals surface area contributed by atoms with Crippen LogP contribution in [0.4, 0.5) is 0 Å². The van der Waals surface area contributed by atoms with Gasteiger partial charge in [0, 0.05) is 96.3 Å². The van der Waals surface area contributed by atoms with Crippen LogP contribution in [-0.2, 0) is 0 Å². The Balaban J connectivity index is 1.21. The van der Waals surface area contributed by atoms with Crippen LogP contribution in [0.1, 0.15) is 11.1 Å². The fourth-order valence-corrected chi connectivity index (χ4v) is 15.2. The lowest BCUT2D eigenvalue weighted by molar-refractivity contribution is 0.669. The van der Waals surface area contributed by atoms with Crippen molar-refractivity contribution in [2.24, 2.45) is 0 Å². The molecule has 0 unspecified atom stereocenters. The molecule has 6 nitrogen and oxygen atoms in total. The summed E-state index contributed by atoms with van der Waals surface area (Å²) in [6, 6.07) is 77.6. The number of para-hydroxylation sites is 6. The van der Waals surface area contributed by atoms with E-state index >= 15 is 0 Å². The third-order valence-corrected chi connectivity index (χ3v) is 18.2. The fraction of sp³-hybridized carbons (Fsp3) is 0. The van der Waals surface area contributed by atoms with Gasteiger partial charge in [0.25, 0.3) is 0 Å². The molecule has 350 valence electrons. The Kier molecular flexibility index (Phi) is 8.36. The quantitative estimate of drug-likeness (QED) is 0.176. The Bertz CT molecular complexity index is 5190. The molecule has 0 bridgehead atoms. The minimum absolute atomic E-state index is 0.236. The molecule has 6 aromatic heterocycles. The predicted octanol–water partition coefficient (Wildman–Crippen LogP) is 19.5. The Labute approximate surface area is 439 Å². The average Bonchev–Trinajstić information content (AvgIpc) is 4.45. The second kappa shape index (κ2) is 15.3. The van der Waals surface area contributed by atoms with Crippen molar-refractivity contribution in [3.05, 3.63) is 217 Å². The summed E-state index contributed by atoms with van der Waals surface area (Å²) < 4.78 is 23.5. The summed E-state index contributed by atoms with van der Waals surface area (Å²) >= 11 is 3.56. The maximum absolute atomic E-state index is 12.2. The van der Waals surface area contributed by atoms with Crippen molar-refractivity contribution < 1.29 is 8.83 Å². The van der Waals surface area contributed by atoms with E-state index < -0.39 is 0 Å². The molecule has 0 aliphatic heterocycles. The summed E-state index contributed by atoms with van der Waals surface area (Å²) in [7, 11) is 0. The molecule has 6 heterocycles. The van der Waals surface area contributed by atoms with E-state index in [1.165, 1.54) is 20.2 Å². The number of nitrogens with zero attached hydrogens (tertiary/aromatic N) is 4. The molecule has 0 aliphatic carbocycles. The third-order valence-electron chi connectivity index (χ3n) is 15.8. The first-order valence-corrected chi connectivity index (χ1v) is 26.8. The molecule has 0 saturated heterocycles. The molecular weight excluding hydrogens is 969 g/mol. The van der Waals surface area contributed by atoms with Crippen LogP contribution in [0.15, 0.2) is 215 Å². The van der Waals surface area contributed by atoms with Gasteiger partial charge in [0.05, 0.1) is 54.0 Å². The van der Waals surface area contributed by atoms with Gasteiger partial charge in [-0.3, -0.25) is 0 Å². The molecule has 0 fully saturated rings. The first-order chi connectivity index (χ1) is 37.7. The molecule has 0 spiro atoms. The number of rotatable bonds is 4. The maximum Gasteiger partial charge on any atom is 0.143 e. The zero-order valence-corrected chi connectivity index (χ0v) is 41.7. The molecule has 0 amide bonds. The van der Waals surface area contributed by atoms with Crippen molar-refractivity contribution >= 4 is 151 Å². The van der Waals surface area contributed by atoms with Gasteiger partial charge in [0.2, 0.25) is 0 Å². The van der Waals surface area contributed by atoms with Crippen LogP contribution in [-0.4, -0.2) is 9.13 Å². The van der Waals surface area contributed by atoms with Gasteiger partial charge in [0.1, 0.15) is 34.5 Å². The second-order valence-corrected chi connectivity index (χ2v) is 21.7. The summed E-state index contributed by atoms with van der Waals surface area (Å²) in [5, 5.41) is 37.2. The molecule has 17 aromatic rings. The van der Waals surface area contributed by atoms with Crippen LogP contribution in [0.5, 0.6) is 0 Å². The minimum atomic E-state index is 0.236. The van der Waals surface area contributed by atoms with Gasteiger partial charge in [-0.2, -0.15) is 10.5 Å². The first-order valence-electron chi connectivity index (χ1n) is 25.2. The number of thiophene rings is 2. The zero-order valence-electron chi connectivity index (χ0n) is 40.1. The van der Waals surface area contributed by atoms with E-state index in [1.54, 1.807) is 22.7 Å². The van der Waals surface area contributed by atoms with Crippen molar-refractivity contribution in [1.29, 1.82) is 10.5 Å². The Morgan fingerprint density at radius 1 is 0.329 bits per heavy atom. The Hall–Kier alpha value is -9.96. The van der Waals surface area contributed by atoms with Gasteiger partial charge in [-0.1, -0.05) is 170 Å². The standard InChI is InChI=1S/C68H34N4O2S2/c69-35-51-52(36-70)60(50-24-14-22-46-40-18-4-10-28-56(40)74-66(46)50)64(72-54-26-8-2-16-38(54)44-32-34-48-42-20-6-12-30-58(42)76-68(48)62(44)72)63(59(51)49-23-13-21-45-39-17-3-9-27-55(39)73-65(45)49)71-53-25-7-1-15-37(53)43-31-33-47-41-19-5-11-29-57(41)75-67(47)61(43)71/h1-34H. The average molecular weight is 1000 g/mol. The highest BCUT2D eigenvalue weighted by atomic mass is 32.1. The fourth-order valence-electron chi connectivity index (χ4n) is 12.7. The molecule has 0 N–H and O–H groups in total. The number of hydrogen-bond donors (Lipinski definition) is 0. The van der Waals surface area contributed by atoms with Crippen molar-refractivity contribution in [2.75, 3.05) is 0 Å². The van der Waals surface area contributed by atoms with Gasteiger partial charge in [0.15, 0.2) is 0 Å². The van der Waals surface area contributed by atoms with Gasteiger partial charge >= 0.3 is 0 Å². The smallest absolute Gasteiger partial charge is 0.143 e. The summed E-state index contributed by atoms with van der Waals surface area (Å²) in [6.07, 6.45) is 0. The summed E-state index contributed by atoms with van der Waals surface area (Å²) in [4.78, 5) is 0. The van der Waals surface area contributed by atoms with E-state index in [2.05, 4.69) is 191 Å². The van der Waals surface area contributed by atoms with Gasteiger partial charge in [-0.05, 0) is 36.4 Å². The molecule has 11 aromatic carbocycles. The lowest BCUT2D eigenvalue weighted by atomic mass is 9.85. The highest BCUT2D eigenvalue weighted by Gasteiger charge is 2.35. The normalized spacial score (nSPS) is 12.2. The number of nitriles is 2. The van der Waals surface area contributed by atoms with Gasteiger partial charge in [-0.25, -0.2) is 0 Å². The SMILES string of the molecule is N#Cc1c(C#N)c(-c2cccc3c2oc2ccccc23)c(-n2c3ccccc3c3ccc4c5ccccc5sc4c32)c(-n2c3ccccc3c3ccc4c5ccccc5sc4c32)c1-c1cccc2c1oc1ccccc12. The van der Waals surface area contributed by atoms with E-state index in [0.717, 1.165) is 108 Å². The largest absolute Gasteiger partial charge is 0.455 e. The molecular formula is C68H34N4O2S2. The molecule has 0 aliphatic rings. The van der Waals surface area contributed by atoms with Crippen LogP contribution < -0.4 is 0 Å². The van der Waals surface area contributed by atoms with Gasteiger partial charge < -0.3 is 18.0 Å². The summed E-state index contributed by atoms with van der Waals surface area (Å²) in [6.45, 7) is 0. The van der Waals surface area contributed by atoms with E-state index in [9.17, 15) is 10.5 Å². The van der Waals surface area contributed by atoms with E-state index in [-0.39, 0.29) is 11.1 Å². The van der Waals surface area contributed by atoms with Crippen LogP contribution in [0.3, 0.4) is 0 Å². The van der Waals surface area contributed by atoms with Crippen molar-refractivity contribution in [2.45, 2.75) is 0 Å². The van der Waals surface area contributed by atoms with Crippen LogP contribution in [0.25, 0.3) is 161 Å². The molecule has 8 heteroatoms. The Morgan fingerprint density at radius 3 is 1.14 bits per heavy atom. The van der Waals surface area contributed by atoms with Gasteiger partial charge in [-0.15, -0.1) is 22.7 Å². The van der Waals surface area contributed by atoms with Crippen molar-refractivity contribution in [3.63, 3.8) is 0 Å². The minimum Gasteiger partial charge on any atom is -0.455 e. The monoisotopic (exact) mass is 1000 g/mol. The number of furan rings is 2. The van der Waals surface area contributed by atoms with Crippen molar-refractivity contribution in [1.82, 2.24) is 9.13 Å². The number of aromatic nitrogens is 2. The van der Waals surface area contributed by atoms with Crippen molar-refractivity contribution in [3.8, 4) is 45.8 Å². The van der Waals surface area contributed by atoms with E-state index in [4.69, 9.17) is 8.83 Å². The molecule has 0 radical (unpaired) electrons. The lowest BCUT2D eigenvalue weighted by Crippen LogP contribution is -2.12. The molecule has 76 heavy (non-hydrogen) atoms.